The molecule has 7 aromatic rings. The summed E-state index contributed by atoms with van der Waals surface area (Å²) in [7, 11) is 1.05. The Bertz CT molecular complexity index is 2840. The molecule has 0 atom stereocenters. The molecular weight excluding hydrogens is 791 g/mol. The number of nitrogens with zero attached hydrogens (tertiary/aromatic N) is 3. The number of methoxy groups -OCH3 is 1. The number of aromatic amines is 1. The molecule has 290 valence electrons. The van der Waals surface area contributed by atoms with E-state index in [-0.39, 0.29) is 28.6 Å². The Morgan fingerprint density at radius 3 is 2.05 bits per heavy atom. The zero-order chi connectivity index (χ0) is 41.0. The van der Waals surface area contributed by atoms with Gasteiger partial charge in [-0.1, -0.05) is 67.4 Å². The number of carbonyl (C=O) groups is 3. The van der Waals surface area contributed by atoms with Crippen molar-refractivity contribution in [3.05, 3.63) is 117 Å². The number of rotatable bonds is 8. The van der Waals surface area contributed by atoms with Crippen molar-refractivity contribution in [1.82, 2.24) is 19.5 Å². The molecule has 17 heteroatoms. The van der Waals surface area contributed by atoms with Crippen molar-refractivity contribution in [3.8, 4) is 33.6 Å². The molecule has 5 N–H and O–H groups in total. The minimum atomic E-state index is -1.19. The van der Waals surface area contributed by atoms with Crippen LogP contribution in [0, 0.1) is 29.2 Å². The number of nitrogens with two attached hydrogens (primary N) is 2. The summed E-state index contributed by atoms with van der Waals surface area (Å²) >= 11 is 12.3. The molecule has 3 aromatic carbocycles. The summed E-state index contributed by atoms with van der Waals surface area (Å²) in [4.78, 5) is 49.8. The number of esters is 2. The fourth-order valence-corrected chi connectivity index (χ4v) is 6.72. The van der Waals surface area contributed by atoms with Gasteiger partial charge in [0.25, 0.3) is 0 Å². The Morgan fingerprint density at radius 2 is 1.42 bits per heavy atom. The normalized spacial score (nSPS) is 11.5. The highest BCUT2D eigenvalue weighted by atomic mass is 35.5. The molecule has 0 bridgehead atoms. The van der Waals surface area contributed by atoms with Gasteiger partial charge in [-0.3, -0.25) is 9.36 Å². The second-order valence-electron chi connectivity index (χ2n) is 13.1. The lowest BCUT2D eigenvalue weighted by Crippen LogP contribution is -2.16. The maximum absolute atomic E-state index is 16.6. The van der Waals surface area contributed by atoms with Crippen LogP contribution in [0.25, 0.3) is 55.4 Å². The van der Waals surface area contributed by atoms with Gasteiger partial charge >= 0.3 is 11.9 Å². The van der Waals surface area contributed by atoms with Crippen molar-refractivity contribution in [3.63, 3.8) is 0 Å². The van der Waals surface area contributed by atoms with Crippen LogP contribution in [0.15, 0.2) is 67.0 Å². The zero-order valence-corrected chi connectivity index (χ0v) is 31.5. The first-order valence-electron chi connectivity index (χ1n) is 16.9. The molecule has 4 heterocycles. The molecule has 57 heavy (non-hydrogen) atoms. The maximum atomic E-state index is 16.6. The van der Waals surface area contributed by atoms with Crippen molar-refractivity contribution in [1.29, 1.82) is 0 Å². The van der Waals surface area contributed by atoms with E-state index in [0.717, 1.165) is 11.7 Å². The zero-order valence-electron chi connectivity index (χ0n) is 29.9. The molecule has 11 nitrogen and oxygen atoms in total. The largest absolute Gasteiger partial charge is 0.464 e. The lowest BCUT2D eigenvalue weighted by Gasteiger charge is -2.13. The van der Waals surface area contributed by atoms with Crippen molar-refractivity contribution in [2.45, 2.75) is 20.5 Å². The van der Waals surface area contributed by atoms with Crippen LogP contribution < -0.4 is 11.5 Å². The summed E-state index contributed by atoms with van der Waals surface area (Å²) in [6.07, 6.45) is 2.93. The van der Waals surface area contributed by atoms with Crippen LogP contribution in [-0.4, -0.2) is 44.5 Å². The number of halogens is 6. The van der Waals surface area contributed by atoms with Crippen LogP contribution in [0.5, 0.6) is 0 Å². The number of aromatic nitrogens is 4. The molecule has 0 amide bonds. The minimum absolute atomic E-state index is 0.0953. The summed E-state index contributed by atoms with van der Waals surface area (Å²) in [5.74, 6) is -7.41. The van der Waals surface area contributed by atoms with Gasteiger partial charge in [-0.15, -0.1) is 0 Å². The SMILES string of the molecule is COC(=O)c1nc(-c2ccc3c(-c4cccc(COC(=O)c5nc(-c6ccc7cc[nH]c7c6F)c(F)c(N)c5Cl)c4)cn(C(=O)C(C)C)c3c2F)c(F)c(N)c1Cl. The number of ether oxygens (including phenoxy) is 2. The summed E-state index contributed by atoms with van der Waals surface area (Å²) in [6.45, 7) is 2.86. The van der Waals surface area contributed by atoms with E-state index in [1.165, 1.54) is 30.6 Å². The van der Waals surface area contributed by atoms with Crippen LogP contribution in [-0.2, 0) is 16.1 Å². The first kappa shape index (κ1) is 38.8. The second-order valence-corrected chi connectivity index (χ2v) is 13.8. The van der Waals surface area contributed by atoms with Crippen LogP contribution in [0.1, 0.15) is 45.2 Å². The third-order valence-electron chi connectivity index (χ3n) is 9.22. The molecule has 0 saturated carbocycles. The maximum Gasteiger partial charge on any atom is 0.358 e. The van der Waals surface area contributed by atoms with Crippen LogP contribution in [0.3, 0.4) is 0 Å². The van der Waals surface area contributed by atoms with Gasteiger partial charge in [0.05, 0.1) is 39.6 Å². The van der Waals surface area contributed by atoms with E-state index >= 15 is 17.6 Å². The van der Waals surface area contributed by atoms with Gasteiger partial charge in [0.1, 0.15) is 18.0 Å². The monoisotopic (exact) mass is 818 g/mol. The number of H-pyrrole nitrogens is 1. The van der Waals surface area contributed by atoms with E-state index in [1.54, 1.807) is 50.2 Å². The van der Waals surface area contributed by atoms with Gasteiger partial charge in [-0.05, 0) is 35.4 Å². The molecule has 7 rings (SSSR count). The number of hydrogen-bond acceptors (Lipinski definition) is 9. The summed E-state index contributed by atoms with van der Waals surface area (Å²) < 4.78 is 74.1. The highest BCUT2D eigenvalue weighted by Crippen LogP contribution is 2.40. The van der Waals surface area contributed by atoms with Gasteiger partial charge in [0.15, 0.2) is 34.7 Å². The van der Waals surface area contributed by atoms with E-state index in [1.807, 2.05) is 0 Å². The third kappa shape index (κ3) is 6.57. The number of benzene rings is 3. The second kappa shape index (κ2) is 14.9. The van der Waals surface area contributed by atoms with Crippen molar-refractivity contribution >= 4 is 74.2 Å². The number of nitrogens with one attached hydrogen (secondary N) is 1. The molecule has 0 saturated heterocycles. The highest BCUT2D eigenvalue weighted by Gasteiger charge is 2.29. The molecule has 0 aliphatic rings. The Balaban J connectivity index is 1.24. The summed E-state index contributed by atoms with van der Waals surface area (Å²) in [6, 6.07) is 13.7. The minimum Gasteiger partial charge on any atom is -0.464 e. The number of carbonyl (C=O) groups excluding carboxylic acids is 3. The number of nitrogen functional groups attached to an aromatic ring is 2. The van der Waals surface area contributed by atoms with E-state index in [9.17, 15) is 14.4 Å². The Kier molecular flexibility index (Phi) is 10.1. The fourth-order valence-electron chi connectivity index (χ4n) is 6.31. The van der Waals surface area contributed by atoms with Crippen molar-refractivity contribution in [2.24, 2.45) is 5.92 Å². The van der Waals surface area contributed by atoms with Gasteiger partial charge in [-0.25, -0.2) is 37.1 Å². The number of pyridine rings is 2. The Labute approximate surface area is 330 Å². The highest BCUT2D eigenvalue weighted by molar-refractivity contribution is 6.36. The van der Waals surface area contributed by atoms with E-state index < -0.39 is 96.8 Å². The molecule has 0 unspecified atom stereocenters. The smallest absolute Gasteiger partial charge is 0.358 e. The third-order valence-corrected chi connectivity index (χ3v) is 9.98. The number of fused-ring (bicyclic) bond motifs is 2. The first-order valence-corrected chi connectivity index (χ1v) is 17.7. The van der Waals surface area contributed by atoms with Gasteiger partial charge < -0.3 is 25.9 Å². The van der Waals surface area contributed by atoms with Crippen LogP contribution in [0.2, 0.25) is 10.0 Å². The van der Waals surface area contributed by atoms with Crippen LogP contribution in [0.4, 0.5) is 28.9 Å². The average molecular weight is 820 g/mol. The predicted octanol–water partition coefficient (Wildman–Crippen LogP) is 9.38. The number of hydrogen-bond donors (Lipinski definition) is 3. The Hall–Kier alpha value is -6.45. The van der Waals surface area contributed by atoms with Gasteiger partial charge in [-0.2, -0.15) is 0 Å². The van der Waals surface area contributed by atoms with Crippen molar-refractivity contribution < 1.29 is 41.4 Å². The van der Waals surface area contributed by atoms with Gasteiger partial charge in [0, 0.05) is 45.8 Å². The quantitative estimate of drug-likeness (QED) is 0.1000. The topological polar surface area (TPSA) is 168 Å². The predicted molar refractivity (Wildman–Crippen MR) is 207 cm³/mol. The lowest BCUT2D eigenvalue weighted by molar-refractivity contribution is 0.0465. The van der Waals surface area contributed by atoms with E-state index in [2.05, 4.69) is 19.7 Å². The Morgan fingerprint density at radius 1 is 0.807 bits per heavy atom. The number of anilines is 2. The molecule has 4 aromatic heterocycles. The fraction of sp³-hybridized carbons (Fsp3) is 0.125. The average Bonchev–Trinajstić information content (AvgIpc) is 3.85. The lowest BCUT2D eigenvalue weighted by atomic mass is 10.00. The van der Waals surface area contributed by atoms with E-state index in [0.29, 0.717) is 22.1 Å². The van der Waals surface area contributed by atoms with Crippen molar-refractivity contribution in [2.75, 3.05) is 18.6 Å². The van der Waals surface area contributed by atoms with Gasteiger partial charge in [0.2, 0.25) is 5.91 Å². The summed E-state index contributed by atoms with van der Waals surface area (Å²) in [5, 5.41) is -0.274. The first-order chi connectivity index (χ1) is 27.1. The summed E-state index contributed by atoms with van der Waals surface area (Å²) in [5.41, 5.74) is 8.59. The molecule has 0 aliphatic heterocycles. The van der Waals surface area contributed by atoms with E-state index in [4.69, 9.17) is 39.4 Å². The molecule has 0 spiro atoms. The van der Waals surface area contributed by atoms with Crippen LogP contribution >= 0.6 is 23.2 Å². The molecule has 0 aliphatic carbocycles. The molecular formula is C40H28Cl2F4N6O5. The molecule has 0 radical (unpaired) electrons. The molecule has 0 fully saturated rings. The standard InChI is InChI=1S/C40H28Cl2F4N6O5/c1-16(2)38(53)52-14-23(20-9-10-22(27(44)37(20)52)34-29(46)30(47)24(41)35(50-34)39(54)56-3)19-6-4-5-17(13-19)15-57-40(55)36-25(42)31(48)28(45)33(51-36)21-8-7-18-11-12-49-32(18)26(21)43/h4-14,16,49H,15H2,1-3H3,(H2,47,50)(H2,48,51).